The van der Waals surface area contributed by atoms with Crippen LogP contribution in [0, 0.1) is 0 Å². The summed E-state index contributed by atoms with van der Waals surface area (Å²) in [6, 6.07) is 2.32. The molecule has 1 aliphatic heterocycles. The van der Waals surface area contributed by atoms with Crippen molar-refractivity contribution in [2.75, 3.05) is 19.6 Å². The van der Waals surface area contributed by atoms with Crippen molar-refractivity contribution in [3.63, 3.8) is 0 Å². The van der Waals surface area contributed by atoms with Crippen LogP contribution in [0.2, 0.25) is 0 Å². The zero-order chi connectivity index (χ0) is 10.7. The van der Waals surface area contributed by atoms with Crippen molar-refractivity contribution < 1.29 is 0 Å². The Kier molecular flexibility index (Phi) is 4.20. The van der Waals surface area contributed by atoms with Gasteiger partial charge < -0.3 is 10.6 Å². The van der Waals surface area contributed by atoms with Crippen LogP contribution in [-0.4, -0.2) is 24.5 Å². The number of nitrogens with two attached hydrogens (primary N) is 1. The van der Waals surface area contributed by atoms with Crippen molar-refractivity contribution in [2.24, 2.45) is 5.73 Å². The number of hydrogen-bond acceptors (Lipinski definition) is 3. The summed E-state index contributed by atoms with van der Waals surface area (Å²) in [6.45, 7) is 3.45. The zero-order valence-electron chi connectivity index (χ0n) is 8.79. The summed E-state index contributed by atoms with van der Waals surface area (Å²) in [7, 11) is 0. The van der Waals surface area contributed by atoms with Crippen LogP contribution < -0.4 is 5.73 Å². The minimum absolute atomic E-state index is 0.180. The van der Waals surface area contributed by atoms with E-state index in [1.807, 2.05) is 0 Å². The first-order valence-electron chi connectivity index (χ1n) is 5.47. The molecule has 2 rings (SSSR count). The molecule has 1 unspecified atom stereocenters. The summed E-state index contributed by atoms with van der Waals surface area (Å²) in [6.07, 6.45) is 4.05. The standard InChI is InChI=1S/C11H17BrN2S/c12-9-6-11(15-8-9)10(13)7-14-4-2-1-3-5-14/h6,8,10H,1-5,7,13H2. The molecule has 4 heteroatoms. The Morgan fingerprint density at radius 2 is 2.13 bits per heavy atom. The molecule has 2 nitrogen and oxygen atoms in total. The van der Waals surface area contributed by atoms with Gasteiger partial charge in [-0.05, 0) is 47.9 Å². The lowest BCUT2D eigenvalue weighted by Gasteiger charge is -2.28. The number of nitrogens with zero attached hydrogens (tertiary/aromatic N) is 1. The van der Waals surface area contributed by atoms with Crippen molar-refractivity contribution >= 4 is 27.3 Å². The Labute approximate surface area is 104 Å². The first kappa shape index (κ1) is 11.6. The average Bonchev–Trinajstić information content (AvgIpc) is 2.66. The van der Waals surface area contributed by atoms with Gasteiger partial charge in [0.2, 0.25) is 0 Å². The molecule has 1 aromatic rings. The molecule has 1 saturated heterocycles. The molecule has 0 saturated carbocycles. The smallest absolute Gasteiger partial charge is 0.0519 e. The zero-order valence-corrected chi connectivity index (χ0v) is 11.2. The molecule has 1 fully saturated rings. The quantitative estimate of drug-likeness (QED) is 0.927. The highest BCUT2D eigenvalue weighted by Gasteiger charge is 2.15. The van der Waals surface area contributed by atoms with Crippen LogP contribution in [0.25, 0.3) is 0 Å². The summed E-state index contributed by atoms with van der Waals surface area (Å²) in [5.74, 6) is 0. The van der Waals surface area contributed by atoms with E-state index in [0.717, 1.165) is 11.0 Å². The minimum atomic E-state index is 0.180. The molecule has 2 heterocycles. The van der Waals surface area contributed by atoms with Gasteiger partial charge in [0.15, 0.2) is 0 Å². The average molecular weight is 289 g/mol. The third kappa shape index (κ3) is 3.28. The molecule has 1 atom stereocenters. The first-order valence-corrected chi connectivity index (χ1v) is 7.15. The van der Waals surface area contributed by atoms with E-state index in [9.17, 15) is 0 Å². The lowest BCUT2D eigenvalue weighted by atomic mass is 10.1. The summed E-state index contributed by atoms with van der Waals surface area (Å²) in [4.78, 5) is 3.77. The number of thiophene rings is 1. The molecule has 15 heavy (non-hydrogen) atoms. The van der Waals surface area contributed by atoms with Gasteiger partial charge >= 0.3 is 0 Å². The molecular weight excluding hydrogens is 272 g/mol. The van der Waals surface area contributed by atoms with Crippen LogP contribution >= 0.6 is 27.3 Å². The van der Waals surface area contributed by atoms with Crippen molar-refractivity contribution in [1.29, 1.82) is 0 Å². The molecule has 84 valence electrons. The normalized spacial score (nSPS) is 20.4. The Bertz CT molecular complexity index is 307. The van der Waals surface area contributed by atoms with E-state index in [4.69, 9.17) is 5.73 Å². The number of halogens is 1. The van der Waals surface area contributed by atoms with Gasteiger partial charge in [-0.1, -0.05) is 6.42 Å². The van der Waals surface area contributed by atoms with E-state index in [1.165, 1.54) is 37.2 Å². The van der Waals surface area contributed by atoms with Gasteiger partial charge in [-0.25, -0.2) is 0 Å². The minimum Gasteiger partial charge on any atom is -0.322 e. The van der Waals surface area contributed by atoms with Gasteiger partial charge in [0.1, 0.15) is 0 Å². The maximum Gasteiger partial charge on any atom is 0.0519 e. The van der Waals surface area contributed by atoms with Crippen molar-refractivity contribution in [3.8, 4) is 0 Å². The van der Waals surface area contributed by atoms with Gasteiger partial charge in [0.25, 0.3) is 0 Å². The number of hydrogen-bond donors (Lipinski definition) is 1. The van der Waals surface area contributed by atoms with E-state index in [1.54, 1.807) is 11.3 Å². The van der Waals surface area contributed by atoms with Crippen molar-refractivity contribution in [1.82, 2.24) is 4.90 Å². The summed E-state index contributed by atoms with van der Waals surface area (Å²) < 4.78 is 1.15. The molecule has 1 aromatic heterocycles. The second kappa shape index (κ2) is 5.43. The molecule has 0 aromatic carbocycles. The lowest BCUT2D eigenvalue weighted by Crippen LogP contribution is -2.35. The highest BCUT2D eigenvalue weighted by molar-refractivity contribution is 9.10. The Balaban J connectivity index is 1.88. The van der Waals surface area contributed by atoms with Crippen LogP contribution in [0.4, 0.5) is 0 Å². The van der Waals surface area contributed by atoms with Gasteiger partial charge in [-0.2, -0.15) is 0 Å². The van der Waals surface area contributed by atoms with Gasteiger partial charge in [0.05, 0.1) is 6.04 Å². The molecule has 1 aliphatic rings. The number of rotatable bonds is 3. The van der Waals surface area contributed by atoms with Crippen LogP contribution in [-0.2, 0) is 0 Å². The Morgan fingerprint density at radius 3 is 2.73 bits per heavy atom. The fourth-order valence-corrected chi connectivity index (χ4v) is 3.47. The molecule has 0 spiro atoms. The topological polar surface area (TPSA) is 29.3 Å². The summed E-state index contributed by atoms with van der Waals surface area (Å²) in [5, 5.41) is 2.10. The summed E-state index contributed by atoms with van der Waals surface area (Å²) >= 11 is 5.21. The first-order chi connectivity index (χ1) is 7.25. The molecule has 0 amide bonds. The number of piperidine rings is 1. The molecule has 0 aliphatic carbocycles. The Morgan fingerprint density at radius 1 is 1.40 bits per heavy atom. The predicted octanol–water partition coefficient (Wildman–Crippen LogP) is 3.00. The lowest BCUT2D eigenvalue weighted by molar-refractivity contribution is 0.217. The van der Waals surface area contributed by atoms with Gasteiger partial charge in [0, 0.05) is 21.3 Å². The molecule has 0 bridgehead atoms. The third-order valence-electron chi connectivity index (χ3n) is 2.86. The van der Waals surface area contributed by atoms with E-state index in [2.05, 4.69) is 32.3 Å². The van der Waals surface area contributed by atoms with Gasteiger partial charge in [-0.15, -0.1) is 11.3 Å². The predicted molar refractivity (Wildman–Crippen MR) is 69.2 cm³/mol. The molecule has 2 N–H and O–H groups in total. The maximum atomic E-state index is 6.19. The largest absolute Gasteiger partial charge is 0.322 e. The van der Waals surface area contributed by atoms with E-state index in [-0.39, 0.29) is 6.04 Å². The Hall–Kier alpha value is 0.1000. The third-order valence-corrected chi connectivity index (χ3v) is 4.68. The van der Waals surface area contributed by atoms with Crippen LogP contribution in [0.5, 0.6) is 0 Å². The highest BCUT2D eigenvalue weighted by Crippen LogP contribution is 2.25. The van der Waals surface area contributed by atoms with Crippen LogP contribution in [0.3, 0.4) is 0 Å². The van der Waals surface area contributed by atoms with Crippen LogP contribution in [0.15, 0.2) is 15.9 Å². The fourth-order valence-electron chi connectivity index (χ4n) is 2.03. The fraction of sp³-hybridized carbons (Fsp3) is 0.636. The monoisotopic (exact) mass is 288 g/mol. The van der Waals surface area contributed by atoms with E-state index >= 15 is 0 Å². The van der Waals surface area contributed by atoms with Crippen molar-refractivity contribution in [2.45, 2.75) is 25.3 Å². The molecule has 0 radical (unpaired) electrons. The van der Waals surface area contributed by atoms with E-state index < -0.39 is 0 Å². The second-order valence-electron chi connectivity index (χ2n) is 4.14. The van der Waals surface area contributed by atoms with Crippen LogP contribution in [0.1, 0.15) is 30.2 Å². The van der Waals surface area contributed by atoms with E-state index in [0.29, 0.717) is 0 Å². The maximum absolute atomic E-state index is 6.19. The SMILES string of the molecule is NC(CN1CCCCC1)c1cc(Br)cs1. The number of likely N-dealkylation sites (tertiary alicyclic amines) is 1. The second-order valence-corrected chi connectivity index (χ2v) is 5.99. The highest BCUT2D eigenvalue weighted by atomic mass is 79.9. The van der Waals surface area contributed by atoms with Gasteiger partial charge in [-0.3, -0.25) is 0 Å². The summed E-state index contributed by atoms with van der Waals surface area (Å²) in [5.41, 5.74) is 6.19. The van der Waals surface area contributed by atoms with Crippen molar-refractivity contribution in [3.05, 3.63) is 20.8 Å². The molecular formula is C11H17BrN2S.